The summed E-state index contributed by atoms with van der Waals surface area (Å²) in [4.78, 5) is 32.0. The van der Waals surface area contributed by atoms with Gasteiger partial charge in [0.2, 0.25) is 0 Å². The third-order valence-electron chi connectivity index (χ3n) is 1.28. The lowest BCUT2D eigenvalue weighted by molar-refractivity contribution is -0.421. The maximum absolute atomic E-state index is 10.7. The van der Waals surface area contributed by atoms with E-state index in [0.717, 1.165) is 0 Å². The summed E-state index contributed by atoms with van der Waals surface area (Å²) < 4.78 is 1.71. The van der Waals surface area contributed by atoms with Crippen molar-refractivity contribution in [2.45, 2.75) is 0 Å². The van der Waals surface area contributed by atoms with Gasteiger partial charge in [-0.3, -0.25) is 0 Å². The molecule has 0 saturated heterocycles. The third-order valence-corrected chi connectivity index (χ3v) is 5.34. The summed E-state index contributed by atoms with van der Waals surface area (Å²) in [6.45, 7) is 0. The largest absolute Gasteiger partial charge is 0.683 e. The molecule has 1 aromatic carbocycles. The van der Waals surface area contributed by atoms with Gasteiger partial charge in [0.05, 0.1) is 5.30 Å². The number of rotatable bonds is 1. The first-order chi connectivity index (χ1) is 5.82. The molecule has 1 aromatic rings. The highest BCUT2D eigenvalue weighted by atomic mass is 79.9. The Labute approximate surface area is 101 Å². The van der Waals surface area contributed by atoms with Gasteiger partial charge in [-0.15, -0.1) is 7.94 Å². The van der Waals surface area contributed by atoms with Crippen molar-refractivity contribution in [1.29, 1.82) is 0 Å². The number of benzene rings is 1. The second-order valence-electron chi connectivity index (χ2n) is 2.22. The molecule has 0 amide bonds. The van der Waals surface area contributed by atoms with Crippen LogP contribution in [0.2, 0.25) is 0 Å². The molecule has 0 fully saturated rings. The molecule has 0 bridgehead atoms. The van der Waals surface area contributed by atoms with Crippen LogP contribution < -0.4 is 20.0 Å². The molecule has 13 heavy (non-hydrogen) atoms. The maximum Gasteiger partial charge on any atom is 0.0787 e. The van der Waals surface area contributed by atoms with Crippen LogP contribution in [0.1, 0.15) is 0 Å². The highest BCUT2D eigenvalue weighted by molar-refractivity contribution is 9.14. The topological polar surface area (TPSA) is 69.2 Å². The van der Waals surface area contributed by atoms with Gasteiger partial charge in [0.25, 0.3) is 0 Å². The fourth-order valence-corrected chi connectivity index (χ4v) is 3.04. The molecular formula is C6H2Br3O3P-2. The standard InChI is InChI=1S/C6H4Br3O3P/c7-4-1-3(13(10,11)12)2-5(8)6(4)9/h1-2H,(H2,10,11,12)/p-2. The van der Waals surface area contributed by atoms with Crippen molar-refractivity contribution in [2.75, 3.05) is 0 Å². The minimum absolute atomic E-state index is 0.241. The lowest BCUT2D eigenvalue weighted by Gasteiger charge is -2.41. The van der Waals surface area contributed by atoms with Crippen molar-refractivity contribution < 1.29 is 14.7 Å². The predicted octanol–water partition coefficient (Wildman–Crippen LogP) is 0.443. The van der Waals surface area contributed by atoms with Crippen LogP contribution in [0, 0.1) is 0 Å². The summed E-state index contributed by atoms with van der Waals surface area (Å²) in [5.41, 5.74) is 0. The average molecular weight is 393 g/mol. The van der Waals surface area contributed by atoms with Crippen LogP contribution in [-0.2, 0) is 0 Å². The summed E-state index contributed by atoms with van der Waals surface area (Å²) in [5, 5.41) is -0.241. The molecule has 0 N–H and O–H groups in total. The van der Waals surface area contributed by atoms with Gasteiger partial charge in [-0.25, -0.2) is 0 Å². The van der Waals surface area contributed by atoms with Gasteiger partial charge in [-0.05, 0) is 59.9 Å². The molecule has 1 rings (SSSR count). The molecule has 0 aliphatic carbocycles. The van der Waals surface area contributed by atoms with E-state index in [0.29, 0.717) is 13.4 Å². The SMILES string of the molecule is [O-][P+]([O-])([O-])c1cc(Br)c(Br)c(Br)c1. The fraction of sp³-hybridized carbons (Fsp3) is 0. The van der Waals surface area contributed by atoms with E-state index < -0.39 is 7.94 Å². The quantitative estimate of drug-likeness (QED) is 0.514. The molecule has 0 spiro atoms. The minimum atomic E-state index is -4.67. The first-order valence-electron chi connectivity index (χ1n) is 2.99. The van der Waals surface area contributed by atoms with E-state index >= 15 is 0 Å². The van der Waals surface area contributed by atoms with E-state index in [2.05, 4.69) is 47.8 Å². The molecule has 0 aliphatic heterocycles. The highest BCUT2D eigenvalue weighted by Gasteiger charge is 2.10. The van der Waals surface area contributed by atoms with Gasteiger partial charge in [0.1, 0.15) is 0 Å². The van der Waals surface area contributed by atoms with Crippen LogP contribution in [0.25, 0.3) is 0 Å². The molecule has 0 unspecified atom stereocenters. The van der Waals surface area contributed by atoms with E-state index in [4.69, 9.17) is 0 Å². The Hall–Kier alpha value is 0.970. The van der Waals surface area contributed by atoms with Crippen molar-refractivity contribution in [3.05, 3.63) is 25.6 Å². The molecule has 72 valence electrons. The fourth-order valence-electron chi connectivity index (χ4n) is 0.700. The monoisotopic (exact) mass is 390 g/mol. The molecular weight excluding hydrogens is 391 g/mol. The summed E-state index contributed by atoms with van der Waals surface area (Å²) >= 11 is 9.42. The van der Waals surface area contributed by atoms with Crippen molar-refractivity contribution in [1.82, 2.24) is 0 Å². The highest BCUT2D eigenvalue weighted by Crippen LogP contribution is 2.35. The minimum Gasteiger partial charge on any atom is -0.683 e. The smallest absolute Gasteiger partial charge is 0.0787 e. The van der Waals surface area contributed by atoms with Crippen LogP contribution in [0.4, 0.5) is 0 Å². The Morgan fingerprint density at radius 3 is 1.62 bits per heavy atom. The van der Waals surface area contributed by atoms with E-state index in [9.17, 15) is 14.7 Å². The Morgan fingerprint density at radius 1 is 0.923 bits per heavy atom. The number of hydrogen-bond acceptors (Lipinski definition) is 3. The van der Waals surface area contributed by atoms with Crippen molar-refractivity contribution in [3.63, 3.8) is 0 Å². The Morgan fingerprint density at radius 2 is 1.31 bits per heavy atom. The summed E-state index contributed by atoms with van der Waals surface area (Å²) in [7, 11) is -4.67. The van der Waals surface area contributed by atoms with E-state index in [1.54, 1.807) is 0 Å². The average Bonchev–Trinajstić information content (AvgIpc) is 1.97. The molecule has 0 radical (unpaired) electrons. The van der Waals surface area contributed by atoms with Gasteiger partial charge < -0.3 is 14.7 Å². The number of halogens is 3. The van der Waals surface area contributed by atoms with Crippen LogP contribution in [0.3, 0.4) is 0 Å². The molecule has 0 aromatic heterocycles. The van der Waals surface area contributed by atoms with E-state index in [1.807, 2.05) is 0 Å². The second kappa shape index (κ2) is 4.23. The van der Waals surface area contributed by atoms with Crippen LogP contribution in [-0.4, -0.2) is 0 Å². The first kappa shape index (κ1) is 12.0. The molecule has 0 saturated carbocycles. The Bertz CT molecular complexity index is 313. The number of hydrogen-bond donors (Lipinski definition) is 0. The third kappa shape index (κ3) is 2.96. The van der Waals surface area contributed by atoms with Crippen LogP contribution in [0.5, 0.6) is 0 Å². The van der Waals surface area contributed by atoms with Gasteiger partial charge in [0.15, 0.2) is 0 Å². The zero-order valence-electron chi connectivity index (χ0n) is 5.96. The zero-order valence-corrected chi connectivity index (χ0v) is 11.6. The maximum atomic E-state index is 10.7. The summed E-state index contributed by atoms with van der Waals surface area (Å²) in [5.74, 6) is 0. The lowest BCUT2D eigenvalue weighted by atomic mass is 10.4. The van der Waals surface area contributed by atoms with Gasteiger partial charge >= 0.3 is 0 Å². The molecule has 0 aliphatic rings. The molecule has 0 atom stereocenters. The second-order valence-corrected chi connectivity index (χ2v) is 6.23. The predicted molar refractivity (Wildman–Crippen MR) is 56.1 cm³/mol. The first-order valence-corrected chi connectivity index (χ1v) is 6.91. The van der Waals surface area contributed by atoms with Gasteiger partial charge in [-0.1, -0.05) is 0 Å². The van der Waals surface area contributed by atoms with Crippen molar-refractivity contribution >= 4 is 61.0 Å². The van der Waals surface area contributed by atoms with Gasteiger partial charge in [0, 0.05) is 13.4 Å². The summed E-state index contributed by atoms with van der Waals surface area (Å²) in [6.07, 6.45) is 0. The summed E-state index contributed by atoms with van der Waals surface area (Å²) in [6, 6.07) is 2.52. The molecule has 3 nitrogen and oxygen atoms in total. The zero-order chi connectivity index (χ0) is 10.2. The Kier molecular flexibility index (Phi) is 3.91. The van der Waals surface area contributed by atoms with Gasteiger partial charge in [-0.2, -0.15) is 0 Å². The Balaban J connectivity index is 3.29. The van der Waals surface area contributed by atoms with Crippen molar-refractivity contribution in [3.8, 4) is 0 Å². The molecule has 7 heteroatoms. The van der Waals surface area contributed by atoms with E-state index in [-0.39, 0.29) is 5.30 Å². The molecule has 0 heterocycles. The lowest BCUT2D eigenvalue weighted by Crippen LogP contribution is -2.40. The van der Waals surface area contributed by atoms with Crippen LogP contribution >= 0.6 is 55.7 Å². The normalized spacial score (nSPS) is 11.8. The van der Waals surface area contributed by atoms with Crippen LogP contribution in [0.15, 0.2) is 25.6 Å². The van der Waals surface area contributed by atoms with E-state index in [1.165, 1.54) is 12.1 Å². The van der Waals surface area contributed by atoms with Crippen molar-refractivity contribution in [2.24, 2.45) is 0 Å².